The predicted octanol–water partition coefficient (Wildman–Crippen LogP) is 2.42. The molecule has 1 aromatic heterocycles. The van der Waals surface area contributed by atoms with Gasteiger partial charge in [-0.1, -0.05) is 29.8 Å². The molecule has 0 aliphatic rings. The maximum absolute atomic E-state index is 13.8. The van der Waals surface area contributed by atoms with Crippen LogP contribution in [0.1, 0.15) is 5.56 Å². The van der Waals surface area contributed by atoms with Gasteiger partial charge in [-0.25, -0.2) is 13.8 Å². The quantitative estimate of drug-likeness (QED) is 0.792. The zero-order valence-electron chi connectivity index (χ0n) is 12.4. The maximum atomic E-state index is 13.8. The molecule has 0 saturated heterocycles. The fourth-order valence-electron chi connectivity index (χ4n) is 2.39. The van der Waals surface area contributed by atoms with E-state index in [-0.39, 0.29) is 17.9 Å². The lowest BCUT2D eigenvalue weighted by Gasteiger charge is -2.13. The third kappa shape index (κ3) is 2.96. The summed E-state index contributed by atoms with van der Waals surface area (Å²) < 4.78 is 15.9. The number of aromatic nitrogens is 2. The molecule has 0 fully saturated rings. The van der Waals surface area contributed by atoms with Crippen molar-refractivity contribution in [1.82, 2.24) is 9.13 Å². The number of nitrogen functional groups attached to an aromatic ring is 1. The molecule has 0 spiro atoms. The SMILES string of the molecule is Nc1cc(=O)n(Cc2ccccc2F)c(=O)n1-c1ccc(Cl)cc1. The molecule has 3 aromatic rings. The molecule has 0 amide bonds. The minimum absolute atomic E-state index is 0.00268. The fraction of sp³-hybridized carbons (Fsp3) is 0.0588. The average molecular weight is 346 g/mol. The topological polar surface area (TPSA) is 70.0 Å². The fourth-order valence-corrected chi connectivity index (χ4v) is 2.51. The molecule has 0 saturated carbocycles. The van der Waals surface area contributed by atoms with E-state index in [0.717, 1.165) is 10.6 Å². The Hall–Kier alpha value is -2.86. The summed E-state index contributed by atoms with van der Waals surface area (Å²) in [6.07, 6.45) is 0. The van der Waals surface area contributed by atoms with Crippen molar-refractivity contribution in [3.63, 3.8) is 0 Å². The largest absolute Gasteiger partial charge is 0.385 e. The van der Waals surface area contributed by atoms with Crippen molar-refractivity contribution in [1.29, 1.82) is 0 Å². The molecule has 5 nitrogen and oxygen atoms in total. The van der Waals surface area contributed by atoms with E-state index >= 15 is 0 Å². The van der Waals surface area contributed by atoms with Gasteiger partial charge in [0, 0.05) is 16.7 Å². The summed E-state index contributed by atoms with van der Waals surface area (Å²) in [4.78, 5) is 24.8. The van der Waals surface area contributed by atoms with Crippen LogP contribution in [0.4, 0.5) is 10.2 Å². The van der Waals surface area contributed by atoms with Crippen LogP contribution in [0, 0.1) is 5.82 Å². The third-order valence-corrected chi connectivity index (χ3v) is 3.84. The Kier molecular flexibility index (Phi) is 4.22. The van der Waals surface area contributed by atoms with Gasteiger partial charge in [0.25, 0.3) is 5.56 Å². The van der Waals surface area contributed by atoms with Crippen molar-refractivity contribution in [2.45, 2.75) is 6.54 Å². The van der Waals surface area contributed by atoms with E-state index in [2.05, 4.69) is 0 Å². The Morgan fingerprint density at radius 2 is 1.71 bits per heavy atom. The summed E-state index contributed by atoms with van der Waals surface area (Å²) >= 11 is 5.84. The lowest BCUT2D eigenvalue weighted by molar-refractivity contribution is 0.585. The van der Waals surface area contributed by atoms with E-state index in [1.807, 2.05) is 0 Å². The number of rotatable bonds is 3. The van der Waals surface area contributed by atoms with E-state index in [1.165, 1.54) is 22.8 Å². The molecule has 7 heteroatoms. The van der Waals surface area contributed by atoms with Gasteiger partial charge in [-0.3, -0.25) is 9.36 Å². The van der Waals surface area contributed by atoms with Crippen LogP contribution >= 0.6 is 11.6 Å². The molecule has 0 radical (unpaired) electrons. The van der Waals surface area contributed by atoms with Crippen LogP contribution in [0.15, 0.2) is 64.2 Å². The average Bonchev–Trinajstić information content (AvgIpc) is 2.54. The highest BCUT2D eigenvalue weighted by molar-refractivity contribution is 6.30. The van der Waals surface area contributed by atoms with Crippen molar-refractivity contribution in [3.05, 3.63) is 91.8 Å². The van der Waals surface area contributed by atoms with Gasteiger partial charge in [0.2, 0.25) is 0 Å². The van der Waals surface area contributed by atoms with Gasteiger partial charge in [0.1, 0.15) is 11.6 Å². The maximum Gasteiger partial charge on any atom is 0.337 e. The predicted molar refractivity (Wildman–Crippen MR) is 91.2 cm³/mol. The monoisotopic (exact) mass is 345 g/mol. The highest BCUT2D eigenvalue weighted by atomic mass is 35.5. The molecule has 24 heavy (non-hydrogen) atoms. The molecule has 2 N–H and O–H groups in total. The Balaban J connectivity index is 2.16. The molecule has 0 atom stereocenters. The molecule has 0 aliphatic heterocycles. The number of nitrogens with zero attached hydrogens (tertiary/aromatic N) is 2. The third-order valence-electron chi connectivity index (χ3n) is 3.59. The first-order chi connectivity index (χ1) is 11.5. The lowest BCUT2D eigenvalue weighted by atomic mass is 10.2. The second kappa shape index (κ2) is 6.33. The summed E-state index contributed by atoms with van der Waals surface area (Å²) in [6.45, 7) is -0.182. The molecule has 0 unspecified atom stereocenters. The molecule has 3 rings (SSSR count). The summed E-state index contributed by atoms with van der Waals surface area (Å²) in [5, 5.41) is 0.505. The summed E-state index contributed by atoms with van der Waals surface area (Å²) in [5.74, 6) is -0.490. The Morgan fingerprint density at radius 3 is 2.38 bits per heavy atom. The first-order valence-electron chi connectivity index (χ1n) is 7.09. The van der Waals surface area contributed by atoms with Gasteiger partial charge < -0.3 is 5.73 Å². The number of halogens is 2. The van der Waals surface area contributed by atoms with E-state index in [0.29, 0.717) is 10.7 Å². The van der Waals surface area contributed by atoms with Crippen LogP contribution < -0.4 is 17.0 Å². The summed E-state index contributed by atoms with van der Waals surface area (Å²) in [7, 11) is 0. The second-order valence-corrected chi connectivity index (χ2v) is 5.62. The first-order valence-corrected chi connectivity index (χ1v) is 7.47. The van der Waals surface area contributed by atoms with Crippen LogP contribution in [-0.4, -0.2) is 9.13 Å². The van der Waals surface area contributed by atoms with Crippen molar-refractivity contribution in [3.8, 4) is 5.69 Å². The van der Waals surface area contributed by atoms with Crippen molar-refractivity contribution in [2.75, 3.05) is 5.73 Å². The number of anilines is 1. The van der Waals surface area contributed by atoms with Crippen LogP contribution in [0.25, 0.3) is 5.69 Å². The van der Waals surface area contributed by atoms with Crippen LogP contribution in [0.3, 0.4) is 0 Å². The number of benzene rings is 2. The van der Waals surface area contributed by atoms with Crippen molar-refractivity contribution >= 4 is 17.4 Å². The highest BCUT2D eigenvalue weighted by Gasteiger charge is 2.13. The van der Waals surface area contributed by atoms with Crippen molar-refractivity contribution < 1.29 is 4.39 Å². The van der Waals surface area contributed by atoms with Gasteiger partial charge in [0.05, 0.1) is 12.2 Å². The van der Waals surface area contributed by atoms with Crippen molar-refractivity contribution in [2.24, 2.45) is 0 Å². The normalized spacial score (nSPS) is 10.8. The van der Waals surface area contributed by atoms with Gasteiger partial charge in [-0.2, -0.15) is 0 Å². The molecule has 0 bridgehead atoms. The lowest BCUT2D eigenvalue weighted by Crippen LogP contribution is -2.40. The number of nitrogens with two attached hydrogens (primary N) is 1. The molecule has 2 aromatic carbocycles. The smallest absolute Gasteiger partial charge is 0.337 e. The van der Waals surface area contributed by atoms with Gasteiger partial charge in [-0.05, 0) is 30.3 Å². The Labute approximate surface area is 141 Å². The van der Waals surface area contributed by atoms with Crippen LogP contribution in [0.5, 0.6) is 0 Å². The summed E-state index contributed by atoms with van der Waals surface area (Å²) in [5.41, 5.74) is 5.29. The molecular weight excluding hydrogens is 333 g/mol. The first kappa shape index (κ1) is 16.0. The standard InChI is InChI=1S/C17H13ClFN3O2/c18-12-5-7-13(8-6-12)22-15(20)9-16(23)21(17(22)24)10-11-3-1-2-4-14(11)19/h1-9H,10,20H2. The van der Waals surface area contributed by atoms with Gasteiger partial charge in [-0.15, -0.1) is 0 Å². The van der Waals surface area contributed by atoms with Crippen LogP contribution in [-0.2, 0) is 6.54 Å². The Morgan fingerprint density at radius 1 is 1.04 bits per heavy atom. The Bertz CT molecular complexity index is 1010. The molecule has 122 valence electrons. The molecular formula is C17H13ClFN3O2. The van der Waals surface area contributed by atoms with E-state index in [1.54, 1.807) is 30.3 Å². The number of hydrogen-bond acceptors (Lipinski definition) is 3. The van der Waals surface area contributed by atoms with E-state index in [4.69, 9.17) is 17.3 Å². The van der Waals surface area contributed by atoms with Gasteiger partial charge in [0.15, 0.2) is 0 Å². The zero-order chi connectivity index (χ0) is 17.3. The van der Waals surface area contributed by atoms with Gasteiger partial charge >= 0.3 is 5.69 Å². The van der Waals surface area contributed by atoms with E-state index < -0.39 is 17.1 Å². The summed E-state index contributed by atoms with van der Waals surface area (Å²) in [6, 6.07) is 13.5. The van der Waals surface area contributed by atoms with Crippen LogP contribution in [0.2, 0.25) is 5.02 Å². The highest BCUT2D eigenvalue weighted by Crippen LogP contribution is 2.14. The molecule has 0 aliphatic carbocycles. The minimum atomic E-state index is -0.648. The van der Waals surface area contributed by atoms with E-state index in [9.17, 15) is 14.0 Å². The second-order valence-electron chi connectivity index (χ2n) is 5.18. The number of hydrogen-bond donors (Lipinski definition) is 1. The minimum Gasteiger partial charge on any atom is -0.385 e. The molecule has 1 heterocycles. The zero-order valence-corrected chi connectivity index (χ0v) is 13.2.